The van der Waals surface area contributed by atoms with Gasteiger partial charge in [0.25, 0.3) is 5.91 Å². The molecule has 0 unspecified atom stereocenters. The van der Waals surface area contributed by atoms with Crippen LogP contribution in [0.5, 0.6) is 0 Å². The van der Waals surface area contributed by atoms with Crippen LogP contribution in [-0.2, 0) is 26.0 Å². The number of amides is 1. The lowest BCUT2D eigenvalue weighted by molar-refractivity contribution is -0.124. The van der Waals surface area contributed by atoms with Gasteiger partial charge in [-0.2, -0.15) is 0 Å². The Morgan fingerprint density at radius 1 is 1.11 bits per heavy atom. The number of carbonyl (C=O) groups excluding carboxylic acids is 2. The first-order chi connectivity index (χ1) is 13.2. The second kappa shape index (κ2) is 9.68. The van der Waals surface area contributed by atoms with E-state index in [0.717, 1.165) is 15.9 Å². The summed E-state index contributed by atoms with van der Waals surface area (Å²) in [6, 6.07) is 13.4. The van der Waals surface area contributed by atoms with Crippen molar-refractivity contribution >= 4 is 33.5 Å². The van der Waals surface area contributed by atoms with Crippen LogP contribution in [0.4, 0.5) is 0 Å². The molecule has 0 saturated heterocycles. The molecule has 150 valence electrons. The molecule has 9 heteroatoms. The molecule has 0 aliphatic rings. The fourth-order valence-electron chi connectivity index (χ4n) is 2.28. The van der Waals surface area contributed by atoms with Crippen molar-refractivity contribution in [1.29, 1.82) is 0 Å². The normalized spacial score (nSPS) is 11.3. The number of nitrogens with zero attached hydrogens (tertiary/aromatic N) is 1. The van der Waals surface area contributed by atoms with Crippen LogP contribution in [0.25, 0.3) is 0 Å². The Kier molecular flexibility index (Phi) is 7.56. The summed E-state index contributed by atoms with van der Waals surface area (Å²) < 4.78 is 30.3. The van der Waals surface area contributed by atoms with Crippen LogP contribution in [0, 0.1) is 0 Å². The van der Waals surface area contributed by atoms with Crippen LogP contribution >= 0.6 is 11.6 Å². The second-order valence-corrected chi connectivity index (χ2v) is 8.65. The van der Waals surface area contributed by atoms with E-state index in [2.05, 4.69) is 5.32 Å². The third-order valence-corrected chi connectivity index (χ3v) is 5.99. The molecule has 0 aromatic heterocycles. The van der Waals surface area contributed by atoms with Crippen LogP contribution in [0.1, 0.15) is 15.9 Å². The number of hydrogen-bond donors (Lipinski definition) is 1. The second-order valence-electron chi connectivity index (χ2n) is 6.09. The minimum atomic E-state index is -3.73. The van der Waals surface area contributed by atoms with Gasteiger partial charge in [-0.15, -0.1) is 0 Å². The van der Waals surface area contributed by atoms with E-state index in [1.54, 1.807) is 0 Å². The zero-order chi connectivity index (χ0) is 20.7. The summed E-state index contributed by atoms with van der Waals surface area (Å²) in [4.78, 5) is 24.0. The van der Waals surface area contributed by atoms with Crippen molar-refractivity contribution in [3.8, 4) is 0 Å². The number of sulfonamides is 1. The van der Waals surface area contributed by atoms with Crippen LogP contribution in [0.3, 0.4) is 0 Å². The Morgan fingerprint density at radius 3 is 2.43 bits per heavy atom. The number of benzene rings is 2. The van der Waals surface area contributed by atoms with E-state index >= 15 is 0 Å². The zero-order valence-electron chi connectivity index (χ0n) is 15.5. The molecule has 0 saturated carbocycles. The lowest BCUT2D eigenvalue weighted by Crippen LogP contribution is -2.30. The van der Waals surface area contributed by atoms with Gasteiger partial charge in [-0.25, -0.2) is 17.5 Å². The number of halogens is 1. The fourth-order valence-corrected chi connectivity index (χ4v) is 3.41. The minimum absolute atomic E-state index is 0.0344. The Hall–Kier alpha value is -2.42. The molecule has 1 amide bonds. The first-order valence-corrected chi connectivity index (χ1v) is 10.2. The minimum Gasteiger partial charge on any atom is -0.452 e. The van der Waals surface area contributed by atoms with Gasteiger partial charge in [0.15, 0.2) is 6.61 Å². The van der Waals surface area contributed by atoms with Gasteiger partial charge in [0.1, 0.15) is 0 Å². The average molecular weight is 425 g/mol. The highest BCUT2D eigenvalue weighted by Gasteiger charge is 2.21. The Labute approximate surface area is 169 Å². The smallest absolute Gasteiger partial charge is 0.340 e. The molecule has 0 bridgehead atoms. The molecule has 2 aromatic rings. The maximum atomic E-state index is 12.2. The lowest BCUT2D eigenvalue weighted by atomic mass is 10.1. The van der Waals surface area contributed by atoms with Gasteiger partial charge in [0.2, 0.25) is 10.0 Å². The van der Waals surface area contributed by atoms with Crippen LogP contribution in [0.2, 0.25) is 5.02 Å². The molecule has 28 heavy (non-hydrogen) atoms. The van der Waals surface area contributed by atoms with Crippen LogP contribution in [0.15, 0.2) is 53.4 Å². The number of ether oxygens (including phenoxy) is 1. The SMILES string of the molecule is CN(C)S(=O)(=O)c1ccc(Cl)c(C(=O)OCC(=O)NCCc2ccccc2)c1. The van der Waals surface area contributed by atoms with E-state index < -0.39 is 28.5 Å². The van der Waals surface area contributed by atoms with Crippen LogP contribution in [-0.4, -0.2) is 51.8 Å². The number of nitrogens with one attached hydrogen (secondary N) is 1. The maximum Gasteiger partial charge on any atom is 0.340 e. The summed E-state index contributed by atoms with van der Waals surface area (Å²) in [6.07, 6.45) is 0.650. The van der Waals surface area contributed by atoms with Gasteiger partial charge in [-0.05, 0) is 30.2 Å². The summed E-state index contributed by atoms with van der Waals surface area (Å²) in [7, 11) is -0.978. The van der Waals surface area contributed by atoms with Gasteiger partial charge in [0.05, 0.1) is 15.5 Å². The van der Waals surface area contributed by atoms with Gasteiger partial charge < -0.3 is 10.1 Å². The van der Waals surface area contributed by atoms with Gasteiger partial charge in [-0.1, -0.05) is 41.9 Å². The topological polar surface area (TPSA) is 92.8 Å². The quantitative estimate of drug-likeness (QED) is 0.655. The monoisotopic (exact) mass is 424 g/mol. The van der Waals surface area contributed by atoms with E-state index in [0.29, 0.717) is 13.0 Å². The molecule has 2 rings (SSSR count). The molecule has 7 nitrogen and oxygen atoms in total. The predicted octanol–water partition coefficient (Wildman–Crippen LogP) is 2.11. The molecule has 2 aromatic carbocycles. The molecular formula is C19H21ClN2O5S. The summed E-state index contributed by atoms with van der Waals surface area (Å²) >= 11 is 5.98. The number of hydrogen-bond acceptors (Lipinski definition) is 5. The van der Waals surface area contributed by atoms with Crippen molar-refractivity contribution in [2.24, 2.45) is 0 Å². The van der Waals surface area contributed by atoms with E-state index in [1.165, 1.54) is 26.2 Å². The summed E-state index contributed by atoms with van der Waals surface area (Å²) in [5, 5.41) is 2.69. The standard InChI is InChI=1S/C19H21ClN2O5S/c1-22(2)28(25,26)15-8-9-17(20)16(12-15)19(24)27-13-18(23)21-11-10-14-6-4-3-5-7-14/h3-9,12H,10-11,13H2,1-2H3,(H,21,23). The summed E-state index contributed by atoms with van der Waals surface area (Å²) in [6.45, 7) is -0.0909. The highest BCUT2D eigenvalue weighted by atomic mass is 35.5. The summed E-state index contributed by atoms with van der Waals surface area (Å²) in [5.41, 5.74) is 0.951. The Bertz CT molecular complexity index is 946. The largest absolute Gasteiger partial charge is 0.452 e. The Morgan fingerprint density at radius 2 is 1.79 bits per heavy atom. The van der Waals surface area contributed by atoms with E-state index in [9.17, 15) is 18.0 Å². The number of carbonyl (C=O) groups is 2. The number of esters is 1. The molecule has 0 atom stereocenters. The van der Waals surface area contributed by atoms with Crippen molar-refractivity contribution in [3.63, 3.8) is 0 Å². The first-order valence-electron chi connectivity index (χ1n) is 8.41. The van der Waals surface area contributed by atoms with Gasteiger partial charge in [-0.3, -0.25) is 4.79 Å². The van der Waals surface area contributed by atoms with Crippen molar-refractivity contribution in [1.82, 2.24) is 9.62 Å². The van der Waals surface area contributed by atoms with Crippen molar-refractivity contribution in [3.05, 3.63) is 64.7 Å². The van der Waals surface area contributed by atoms with Crippen LogP contribution < -0.4 is 5.32 Å². The third-order valence-electron chi connectivity index (χ3n) is 3.85. The predicted molar refractivity (Wildman–Crippen MR) is 106 cm³/mol. The van der Waals surface area contributed by atoms with Gasteiger partial charge >= 0.3 is 5.97 Å². The van der Waals surface area contributed by atoms with E-state index in [1.807, 2.05) is 30.3 Å². The third kappa shape index (κ3) is 5.79. The van der Waals surface area contributed by atoms with E-state index in [-0.39, 0.29) is 15.5 Å². The molecule has 0 radical (unpaired) electrons. The molecule has 0 aliphatic heterocycles. The van der Waals surface area contributed by atoms with Crippen molar-refractivity contribution < 1.29 is 22.7 Å². The average Bonchev–Trinajstić information content (AvgIpc) is 2.67. The zero-order valence-corrected chi connectivity index (χ0v) is 17.1. The molecule has 1 N–H and O–H groups in total. The molecule has 0 fully saturated rings. The van der Waals surface area contributed by atoms with E-state index in [4.69, 9.17) is 16.3 Å². The molecule has 0 spiro atoms. The molecule has 0 aliphatic carbocycles. The molecular weight excluding hydrogens is 404 g/mol. The lowest BCUT2D eigenvalue weighted by Gasteiger charge is -2.13. The number of rotatable bonds is 8. The first kappa shape index (κ1) is 21.9. The summed E-state index contributed by atoms with van der Waals surface area (Å²) in [5.74, 6) is -1.34. The van der Waals surface area contributed by atoms with Crippen molar-refractivity contribution in [2.45, 2.75) is 11.3 Å². The van der Waals surface area contributed by atoms with Gasteiger partial charge in [0, 0.05) is 20.6 Å². The molecule has 0 heterocycles. The maximum absolute atomic E-state index is 12.2. The van der Waals surface area contributed by atoms with Crippen molar-refractivity contribution in [2.75, 3.05) is 27.2 Å². The highest BCUT2D eigenvalue weighted by Crippen LogP contribution is 2.22. The highest BCUT2D eigenvalue weighted by molar-refractivity contribution is 7.89. The Balaban J connectivity index is 1.92. The fraction of sp³-hybridized carbons (Fsp3) is 0.263.